The molecule has 1 aromatic rings. The number of nitrogens with one attached hydrogen (secondary N) is 2. The summed E-state index contributed by atoms with van der Waals surface area (Å²) in [6.45, 7) is 3.05. The second-order valence-corrected chi connectivity index (χ2v) is 6.00. The van der Waals surface area contributed by atoms with Crippen molar-refractivity contribution in [3.8, 4) is 0 Å². The van der Waals surface area contributed by atoms with Gasteiger partial charge in [0.2, 0.25) is 0 Å². The van der Waals surface area contributed by atoms with Gasteiger partial charge in [0.25, 0.3) is 0 Å². The minimum Gasteiger partial charge on any atom is -0.611 e. The molecule has 0 spiro atoms. The third-order valence-electron chi connectivity index (χ3n) is 2.67. The summed E-state index contributed by atoms with van der Waals surface area (Å²) < 4.78 is 48.4. The third kappa shape index (κ3) is 4.88. The first-order valence-corrected chi connectivity index (χ1v) is 7.61. The van der Waals surface area contributed by atoms with Crippen molar-refractivity contribution in [3.05, 3.63) is 36.0 Å². The van der Waals surface area contributed by atoms with E-state index in [0.29, 0.717) is 28.0 Å². The topological polar surface area (TPSA) is 76.0 Å². The van der Waals surface area contributed by atoms with E-state index in [4.69, 9.17) is 5.41 Å². The van der Waals surface area contributed by atoms with Crippen LogP contribution in [0.4, 0.5) is 18.9 Å². The zero-order valence-electron chi connectivity index (χ0n) is 12.0. The van der Waals surface area contributed by atoms with Crippen molar-refractivity contribution in [2.75, 3.05) is 11.1 Å². The summed E-state index contributed by atoms with van der Waals surface area (Å²) in [4.78, 5) is 11.8. The molecule has 0 aliphatic heterocycles. The van der Waals surface area contributed by atoms with Crippen molar-refractivity contribution in [2.24, 2.45) is 0 Å². The average Bonchev–Trinajstić information content (AvgIpc) is 2.44. The molecule has 0 amide bonds. The Labute approximate surface area is 129 Å². The van der Waals surface area contributed by atoms with E-state index in [1.165, 1.54) is 25.1 Å². The lowest BCUT2D eigenvalue weighted by Gasteiger charge is -2.13. The van der Waals surface area contributed by atoms with Gasteiger partial charge in [-0.2, -0.15) is 13.2 Å². The first-order valence-electron chi connectivity index (χ1n) is 6.29. The maximum absolute atomic E-state index is 12.2. The quantitative estimate of drug-likeness (QED) is 0.475. The lowest BCUT2D eigenvalue weighted by molar-refractivity contribution is -0.0584. The van der Waals surface area contributed by atoms with Gasteiger partial charge in [-0.25, -0.2) is 0 Å². The molecule has 1 aromatic carbocycles. The Morgan fingerprint density at radius 1 is 1.45 bits per heavy atom. The van der Waals surface area contributed by atoms with Crippen LogP contribution in [0.25, 0.3) is 0 Å². The van der Waals surface area contributed by atoms with Crippen LogP contribution in [0.2, 0.25) is 0 Å². The summed E-state index contributed by atoms with van der Waals surface area (Å²) >= 11 is -1.37. The number of hydrogen-bond donors (Lipinski definition) is 2. The van der Waals surface area contributed by atoms with Crippen LogP contribution in [0.1, 0.15) is 24.2 Å². The molecule has 0 saturated carbocycles. The summed E-state index contributed by atoms with van der Waals surface area (Å²) in [7, 11) is 0. The van der Waals surface area contributed by atoms with Crippen molar-refractivity contribution in [1.82, 2.24) is 0 Å². The minimum atomic E-state index is -4.70. The number of rotatable bonds is 6. The molecule has 0 aromatic heterocycles. The number of ketones is 1. The molecule has 0 saturated heterocycles. The molecule has 0 bridgehead atoms. The fraction of sp³-hybridized carbons (Fsp3) is 0.286. The van der Waals surface area contributed by atoms with Gasteiger partial charge < -0.3 is 9.87 Å². The van der Waals surface area contributed by atoms with E-state index < -0.39 is 23.1 Å². The molecule has 0 aliphatic carbocycles. The molecule has 2 N–H and O–H groups in total. The summed E-state index contributed by atoms with van der Waals surface area (Å²) in [6, 6.07) is 4.42. The van der Waals surface area contributed by atoms with Gasteiger partial charge >= 0.3 is 6.18 Å². The highest BCUT2D eigenvalue weighted by atomic mass is 32.2. The van der Waals surface area contributed by atoms with E-state index in [2.05, 4.69) is 5.32 Å². The predicted molar refractivity (Wildman–Crippen MR) is 79.9 cm³/mol. The van der Waals surface area contributed by atoms with Gasteiger partial charge in [-0.15, -0.1) is 0 Å². The highest BCUT2D eigenvalue weighted by molar-refractivity contribution is 7.91. The van der Waals surface area contributed by atoms with Crippen molar-refractivity contribution < 1.29 is 22.5 Å². The molecule has 8 heteroatoms. The molecule has 0 fully saturated rings. The smallest absolute Gasteiger partial charge is 0.432 e. The lowest BCUT2D eigenvalue weighted by Crippen LogP contribution is -2.19. The Kier molecular flexibility index (Phi) is 6.19. The van der Waals surface area contributed by atoms with Crippen LogP contribution in [0, 0.1) is 5.41 Å². The normalized spacial score (nSPS) is 13.2. The van der Waals surface area contributed by atoms with Crippen LogP contribution < -0.4 is 5.32 Å². The average molecular weight is 332 g/mol. The van der Waals surface area contributed by atoms with Crippen LogP contribution >= 0.6 is 0 Å². The molecule has 0 heterocycles. The van der Waals surface area contributed by atoms with Gasteiger partial charge in [-0.3, -0.25) is 10.2 Å². The molecule has 1 rings (SSSR count). The Morgan fingerprint density at radius 2 is 2.09 bits per heavy atom. The van der Waals surface area contributed by atoms with Crippen LogP contribution in [-0.4, -0.2) is 28.0 Å². The molecule has 0 radical (unpaired) electrons. The fourth-order valence-corrected chi connectivity index (χ4v) is 2.59. The van der Waals surface area contributed by atoms with E-state index >= 15 is 0 Å². The summed E-state index contributed by atoms with van der Waals surface area (Å²) in [5.74, 6) is 0.0795. The Morgan fingerprint density at radius 3 is 2.59 bits per heavy atom. The highest BCUT2D eigenvalue weighted by Crippen LogP contribution is 2.23. The largest absolute Gasteiger partial charge is 0.611 e. The highest BCUT2D eigenvalue weighted by Gasteiger charge is 2.32. The molecule has 1 unspecified atom stereocenters. The van der Waals surface area contributed by atoms with Gasteiger partial charge in [-0.1, -0.05) is 0 Å². The van der Waals surface area contributed by atoms with Gasteiger partial charge in [0, 0.05) is 18.0 Å². The van der Waals surface area contributed by atoms with Crippen molar-refractivity contribution in [1.29, 1.82) is 5.41 Å². The van der Waals surface area contributed by atoms with E-state index in [9.17, 15) is 22.5 Å². The molecular weight excluding hydrogens is 317 g/mol. The van der Waals surface area contributed by atoms with E-state index in [1.807, 2.05) is 0 Å². The van der Waals surface area contributed by atoms with Gasteiger partial charge in [-0.05, 0) is 43.2 Å². The first-order chi connectivity index (χ1) is 10.2. The molecule has 22 heavy (non-hydrogen) atoms. The molecule has 0 aliphatic rings. The SMILES string of the molecule is CC[S+]([O-])c1cc(N/C=C\C(=N)C(F)(F)F)ccc1C(C)=O. The van der Waals surface area contributed by atoms with Crippen LogP contribution in [-0.2, 0) is 11.2 Å². The lowest BCUT2D eigenvalue weighted by atomic mass is 10.1. The zero-order chi connectivity index (χ0) is 16.9. The first kappa shape index (κ1) is 18.2. The second-order valence-electron chi connectivity index (χ2n) is 4.29. The Hall–Kier alpha value is -1.80. The van der Waals surface area contributed by atoms with Gasteiger partial charge in [0.05, 0.1) is 5.56 Å². The second kappa shape index (κ2) is 7.46. The molecule has 1 atom stereocenters. The maximum Gasteiger partial charge on any atom is 0.432 e. The molecule has 120 valence electrons. The van der Waals surface area contributed by atoms with Crippen LogP contribution in [0.3, 0.4) is 0 Å². The van der Waals surface area contributed by atoms with Gasteiger partial charge in [0.15, 0.2) is 10.7 Å². The van der Waals surface area contributed by atoms with Crippen LogP contribution in [0.15, 0.2) is 35.4 Å². The van der Waals surface area contributed by atoms with Crippen molar-refractivity contribution in [3.63, 3.8) is 0 Å². The zero-order valence-corrected chi connectivity index (χ0v) is 12.8. The number of alkyl halides is 3. The minimum absolute atomic E-state index is 0.238. The fourth-order valence-electron chi connectivity index (χ4n) is 1.56. The van der Waals surface area contributed by atoms with Crippen molar-refractivity contribution >= 4 is 28.4 Å². The van der Waals surface area contributed by atoms with Crippen LogP contribution in [0.5, 0.6) is 0 Å². The number of hydrogen-bond acceptors (Lipinski definition) is 4. The number of allylic oxidation sites excluding steroid dienone is 1. The number of Topliss-reactive ketones (excluding diaryl/α,β-unsaturated/α-hetero) is 1. The van der Waals surface area contributed by atoms with E-state index in [0.717, 1.165) is 6.20 Å². The van der Waals surface area contributed by atoms with Crippen molar-refractivity contribution in [2.45, 2.75) is 24.9 Å². The number of carbonyl (C=O) groups excluding carboxylic acids is 1. The maximum atomic E-state index is 12.2. The number of carbonyl (C=O) groups is 1. The standard InChI is InChI=1S/C14H15F3N2O2S/c1-3-22(21)12-8-10(4-5-11(12)9(2)20)19-7-6-13(18)14(15,16)17/h4-8,18-19H,3H2,1-2H3/b7-6-,18-13?. The number of halogens is 3. The summed E-state index contributed by atoms with van der Waals surface area (Å²) in [6.07, 6.45) is -3.15. The Balaban J connectivity index is 2.96. The van der Waals surface area contributed by atoms with E-state index in [-0.39, 0.29) is 5.78 Å². The van der Waals surface area contributed by atoms with E-state index in [1.54, 1.807) is 6.92 Å². The number of benzene rings is 1. The molecule has 4 nitrogen and oxygen atoms in total. The summed E-state index contributed by atoms with van der Waals surface area (Å²) in [5.41, 5.74) is -0.788. The van der Waals surface area contributed by atoms with Gasteiger partial charge in [0.1, 0.15) is 11.5 Å². The Bertz CT molecular complexity index is 600. The summed E-state index contributed by atoms with van der Waals surface area (Å²) in [5, 5.41) is 9.36. The number of anilines is 1. The predicted octanol–water partition coefficient (Wildman–Crippen LogP) is 3.52. The third-order valence-corrected chi connectivity index (χ3v) is 4.03. The monoisotopic (exact) mass is 332 g/mol. The molecular formula is C14H15F3N2O2S.